The lowest BCUT2D eigenvalue weighted by Crippen LogP contribution is -2.09. The summed E-state index contributed by atoms with van der Waals surface area (Å²) in [6.07, 6.45) is 0. The molecule has 1 amide bonds. The second-order valence-corrected chi connectivity index (χ2v) is 6.09. The molecule has 0 saturated carbocycles. The van der Waals surface area contributed by atoms with E-state index in [0.29, 0.717) is 33.1 Å². The molecule has 2 aromatic carbocycles. The van der Waals surface area contributed by atoms with Crippen molar-refractivity contribution in [1.82, 2.24) is 4.98 Å². The molecule has 118 valence electrons. The summed E-state index contributed by atoms with van der Waals surface area (Å²) in [5.74, 6) is -0.178. The van der Waals surface area contributed by atoms with E-state index in [4.69, 9.17) is 4.42 Å². The Labute approximate surface area is 140 Å². The summed E-state index contributed by atoms with van der Waals surface area (Å²) in [7, 11) is 0. The van der Waals surface area contributed by atoms with E-state index in [9.17, 15) is 9.18 Å². The van der Waals surface area contributed by atoms with Crippen LogP contribution in [0.5, 0.6) is 0 Å². The molecule has 4 rings (SSSR count). The predicted molar refractivity (Wildman–Crippen MR) is 91.7 cm³/mol. The van der Waals surface area contributed by atoms with Crippen LogP contribution in [0.3, 0.4) is 0 Å². The maximum atomic E-state index is 13.3. The number of nitrogens with zero attached hydrogens (tertiary/aromatic N) is 1. The number of carbonyl (C=O) groups excluding carboxylic acids is 1. The molecule has 0 saturated heterocycles. The van der Waals surface area contributed by atoms with Crippen LogP contribution in [0.4, 0.5) is 10.1 Å². The zero-order chi connectivity index (χ0) is 16.5. The number of carbonyl (C=O) groups is 1. The minimum absolute atomic E-state index is 0.168. The molecule has 4 nitrogen and oxygen atoms in total. The van der Waals surface area contributed by atoms with E-state index in [0.717, 1.165) is 0 Å². The fourth-order valence-electron chi connectivity index (χ4n) is 2.35. The minimum Gasteiger partial charge on any atom is -0.436 e. The Balaban J connectivity index is 1.65. The maximum absolute atomic E-state index is 13.3. The van der Waals surface area contributed by atoms with Crippen molar-refractivity contribution in [3.63, 3.8) is 0 Å². The van der Waals surface area contributed by atoms with Gasteiger partial charge in [-0.2, -0.15) is 0 Å². The summed E-state index contributed by atoms with van der Waals surface area (Å²) in [4.78, 5) is 17.1. The molecule has 2 aromatic heterocycles. The van der Waals surface area contributed by atoms with Crippen molar-refractivity contribution in [3.8, 4) is 11.5 Å². The predicted octanol–water partition coefficient (Wildman–Crippen LogP) is 4.95. The smallest absolute Gasteiger partial charge is 0.265 e. The highest BCUT2D eigenvalue weighted by Crippen LogP contribution is 2.27. The molecule has 0 fully saturated rings. The van der Waals surface area contributed by atoms with E-state index < -0.39 is 0 Å². The van der Waals surface area contributed by atoms with Crippen LogP contribution < -0.4 is 5.32 Å². The third-order valence-corrected chi connectivity index (χ3v) is 4.33. The lowest BCUT2D eigenvalue weighted by molar-refractivity contribution is 0.103. The van der Waals surface area contributed by atoms with Crippen molar-refractivity contribution in [2.24, 2.45) is 0 Å². The van der Waals surface area contributed by atoms with Gasteiger partial charge in [-0.1, -0.05) is 12.1 Å². The molecule has 0 spiro atoms. The van der Waals surface area contributed by atoms with Crippen LogP contribution in [0.1, 0.15) is 9.67 Å². The second-order valence-electron chi connectivity index (χ2n) is 5.14. The van der Waals surface area contributed by atoms with E-state index in [2.05, 4.69) is 10.3 Å². The van der Waals surface area contributed by atoms with Gasteiger partial charge in [-0.25, -0.2) is 9.37 Å². The number of amides is 1. The van der Waals surface area contributed by atoms with Gasteiger partial charge in [0.1, 0.15) is 11.3 Å². The molecule has 0 radical (unpaired) electrons. The monoisotopic (exact) mass is 338 g/mol. The number of hydrogen-bond donors (Lipinski definition) is 1. The highest BCUT2D eigenvalue weighted by atomic mass is 32.1. The fourth-order valence-corrected chi connectivity index (χ4v) is 2.97. The van der Waals surface area contributed by atoms with Gasteiger partial charge in [0.05, 0.1) is 4.88 Å². The first-order valence-electron chi connectivity index (χ1n) is 7.20. The first kappa shape index (κ1) is 14.6. The first-order valence-corrected chi connectivity index (χ1v) is 8.08. The van der Waals surface area contributed by atoms with Crippen molar-refractivity contribution in [1.29, 1.82) is 0 Å². The van der Waals surface area contributed by atoms with E-state index in [1.807, 2.05) is 11.4 Å². The average Bonchev–Trinajstić information content (AvgIpc) is 3.24. The minimum atomic E-state index is -0.348. The lowest BCUT2D eigenvalue weighted by atomic mass is 10.2. The highest BCUT2D eigenvalue weighted by Gasteiger charge is 2.11. The largest absolute Gasteiger partial charge is 0.436 e. The molecule has 24 heavy (non-hydrogen) atoms. The molecule has 4 aromatic rings. The van der Waals surface area contributed by atoms with Gasteiger partial charge in [0.2, 0.25) is 5.89 Å². The summed E-state index contributed by atoms with van der Waals surface area (Å²) in [5.41, 5.74) is 2.36. The molecule has 0 aliphatic carbocycles. The van der Waals surface area contributed by atoms with E-state index in [-0.39, 0.29) is 11.7 Å². The number of rotatable bonds is 3. The summed E-state index contributed by atoms with van der Waals surface area (Å²) in [5, 5.41) is 4.67. The number of aromatic nitrogens is 1. The summed E-state index contributed by atoms with van der Waals surface area (Å²) < 4.78 is 19.0. The zero-order valence-corrected chi connectivity index (χ0v) is 13.1. The van der Waals surface area contributed by atoms with E-state index >= 15 is 0 Å². The summed E-state index contributed by atoms with van der Waals surface area (Å²) in [6.45, 7) is 0. The van der Waals surface area contributed by atoms with Crippen LogP contribution in [0.25, 0.3) is 22.6 Å². The molecule has 0 bridgehead atoms. The van der Waals surface area contributed by atoms with Gasteiger partial charge in [-0.15, -0.1) is 11.3 Å². The number of benzene rings is 2. The van der Waals surface area contributed by atoms with Crippen molar-refractivity contribution in [2.75, 3.05) is 5.32 Å². The average molecular weight is 338 g/mol. The molecule has 0 aliphatic rings. The Bertz CT molecular complexity index is 1020. The molecule has 1 N–H and O–H groups in total. The number of halogens is 1. The number of hydrogen-bond acceptors (Lipinski definition) is 4. The van der Waals surface area contributed by atoms with Gasteiger partial charge in [-0.3, -0.25) is 4.79 Å². The third-order valence-electron chi connectivity index (χ3n) is 3.46. The molecule has 2 heterocycles. The Morgan fingerprint density at radius 3 is 2.83 bits per heavy atom. The molecule has 0 atom stereocenters. The van der Waals surface area contributed by atoms with Crippen LogP contribution in [-0.4, -0.2) is 10.9 Å². The van der Waals surface area contributed by atoms with Crippen LogP contribution in [0.15, 0.2) is 64.4 Å². The molecule has 0 aliphatic heterocycles. The van der Waals surface area contributed by atoms with Crippen LogP contribution >= 0.6 is 11.3 Å². The van der Waals surface area contributed by atoms with Crippen LogP contribution in [0.2, 0.25) is 0 Å². The van der Waals surface area contributed by atoms with Gasteiger partial charge in [-0.05, 0) is 47.8 Å². The van der Waals surface area contributed by atoms with Crippen LogP contribution in [-0.2, 0) is 0 Å². The number of oxazole rings is 1. The molecular weight excluding hydrogens is 327 g/mol. The number of thiophene rings is 1. The molecule has 6 heteroatoms. The van der Waals surface area contributed by atoms with Gasteiger partial charge in [0, 0.05) is 11.3 Å². The highest BCUT2D eigenvalue weighted by molar-refractivity contribution is 7.12. The van der Waals surface area contributed by atoms with Gasteiger partial charge >= 0.3 is 0 Å². The van der Waals surface area contributed by atoms with Crippen molar-refractivity contribution in [2.45, 2.75) is 0 Å². The van der Waals surface area contributed by atoms with E-state index in [1.165, 1.54) is 23.5 Å². The normalized spacial score (nSPS) is 10.9. The molecular formula is C18H11FN2O2S. The topological polar surface area (TPSA) is 55.1 Å². The quantitative estimate of drug-likeness (QED) is 0.575. The van der Waals surface area contributed by atoms with Crippen LogP contribution in [0, 0.1) is 5.82 Å². The van der Waals surface area contributed by atoms with Crippen molar-refractivity contribution < 1.29 is 13.6 Å². The lowest BCUT2D eigenvalue weighted by Gasteiger charge is -2.02. The number of fused-ring (bicyclic) bond motifs is 1. The second kappa shape index (κ2) is 5.90. The third kappa shape index (κ3) is 2.79. The first-order chi connectivity index (χ1) is 11.7. The number of anilines is 1. The van der Waals surface area contributed by atoms with Crippen molar-refractivity contribution in [3.05, 3.63) is 70.7 Å². The maximum Gasteiger partial charge on any atom is 0.265 e. The Morgan fingerprint density at radius 1 is 1.12 bits per heavy atom. The summed E-state index contributed by atoms with van der Waals surface area (Å²) in [6, 6.07) is 14.9. The number of nitrogens with one attached hydrogen (secondary N) is 1. The molecule has 0 unspecified atom stereocenters. The van der Waals surface area contributed by atoms with E-state index in [1.54, 1.807) is 36.4 Å². The zero-order valence-electron chi connectivity index (χ0n) is 12.3. The Kier molecular flexibility index (Phi) is 3.59. The van der Waals surface area contributed by atoms with Gasteiger partial charge < -0.3 is 9.73 Å². The summed E-state index contributed by atoms with van der Waals surface area (Å²) >= 11 is 1.37. The van der Waals surface area contributed by atoms with Gasteiger partial charge in [0.15, 0.2) is 5.58 Å². The van der Waals surface area contributed by atoms with Gasteiger partial charge in [0.25, 0.3) is 5.91 Å². The standard InChI is InChI=1S/C18H11FN2O2S/c19-12-4-1-3-11(9-12)18-21-14-10-13(6-7-15(14)23-18)20-17(22)16-5-2-8-24-16/h1-10H,(H,20,22). The fraction of sp³-hybridized carbons (Fsp3) is 0. The Morgan fingerprint density at radius 2 is 2.04 bits per heavy atom. The Hall–Kier alpha value is -2.99. The van der Waals surface area contributed by atoms with Crippen molar-refractivity contribution >= 4 is 34.0 Å². The SMILES string of the molecule is O=C(Nc1ccc2oc(-c3cccc(F)c3)nc2c1)c1cccs1.